The molecule has 0 aliphatic carbocycles. The number of rotatable bonds is 5. The molecule has 1 atom stereocenters. The summed E-state index contributed by atoms with van der Waals surface area (Å²) in [5.41, 5.74) is 0.495. The molecule has 0 aliphatic rings. The summed E-state index contributed by atoms with van der Waals surface area (Å²) in [5, 5.41) is 9.47. The Hall–Kier alpha value is -1.76. The highest BCUT2D eigenvalue weighted by Gasteiger charge is 2.31. The van der Waals surface area contributed by atoms with Crippen molar-refractivity contribution in [2.45, 2.75) is 25.8 Å². The predicted molar refractivity (Wildman–Crippen MR) is 59.5 cm³/mol. The number of aliphatic hydroxyl groups is 1. The summed E-state index contributed by atoms with van der Waals surface area (Å²) >= 11 is 0. The summed E-state index contributed by atoms with van der Waals surface area (Å²) in [6, 6.07) is 4.90. The van der Waals surface area contributed by atoms with Gasteiger partial charge in [-0.15, -0.1) is 13.2 Å². The lowest BCUT2D eigenvalue weighted by Crippen LogP contribution is -2.25. The monoisotopic (exact) mass is 278 g/mol. The highest BCUT2D eigenvalue weighted by molar-refractivity contribution is 5.74. The Labute approximate surface area is 107 Å². The SMILES string of the molecule is CCOC(=O)C(O)Cc1ccc(OC(F)(F)F)cc1. The molecule has 7 heteroatoms. The van der Waals surface area contributed by atoms with Crippen LogP contribution >= 0.6 is 0 Å². The Morgan fingerprint density at radius 2 is 1.89 bits per heavy atom. The number of esters is 1. The van der Waals surface area contributed by atoms with Crippen LogP contribution in [0.4, 0.5) is 13.2 Å². The molecule has 19 heavy (non-hydrogen) atoms. The van der Waals surface area contributed by atoms with Gasteiger partial charge in [0, 0.05) is 6.42 Å². The molecule has 0 amide bonds. The zero-order valence-electron chi connectivity index (χ0n) is 10.1. The third kappa shape index (κ3) is 5.60. The Morgan fingerprint density at radius 3 is 2.37 bits per heavy atom. The van der Waals surface area contributed by atoms with Gasteiger partial charge in [0.05, 0.1) is 6.61 Å². The number of carbonyl (C=O) groups excluding carboxylic acids is 1. The largest absolute Gasteiger partial charge is 0.573 e. The number of benzene rings is 1. The number of hydrogen-bond acceptors (Lipinski definition) is 4. The first-order valence-electron chi connectivity index (χ1n) is 5.51. The van der Waals surface area contributed by atoms with Gasteiger partial charge in [-0.05, 0) is 24.6 Å². The van der Waals surface area contributed by atoms with Gasteiger partial charge in [-0.2, -0.15) is 0 Å². The second-order valence-corrected chi connectivity index (χ2v) is 3.66. The lowest BCUT2D eigenvalue weighted by molar-refractivity contribution is -0.274. The molecular weight excluding hydrogens is 265 g/mol. The summed E-state index contributed by atoms with van der Waals surface area (Å²) in [7, 11) is 0. The fraction of sp³-hybridized carbons (Fsp3) is 0.417. The van der Waals surface area contributed by atoms with Gasteiger partial charge in [-0.25, -0.2) is 4.79 Å². The second-order valence-electron chi connectivity index (χ2n) is 3.66. The van der Waals surface area contributed by atoms with Gasteiger partial charge in [0.25, 0.3) is 0 Å². The maximum atomic E-state index is 11.9. The topological polar surface area (TPSA) is 55.8 Å². The number of alkyl halides is 3. The van der Waals surface area contributed by atoms with Crippen molar-refractivity contribution in [3.05, 3.63) is 29.8 Å². The molecule has 0 fully saturated rings. The van der Waals surface area contributed by atoms with Gasteiger partial charge in [0.2, 0.25) is 0 Å². The highest BCUT2D eigenvalue weighted by atomic mass is 19.4. The minimum absolute atomic E-state index is 0.0366. The normalized spacial score (nSPS) is 12.9. The molecule has 1 N–H and O–H groups in total. The number of aliphatic hydroxyl groups excluding tert-OH is 1. The number of carbonyl (C=O) groups is 1. The van der Waals surface area contributed by atoms with Gasteiger partial charge in [0.15, 0.2) is 6.10 Å². The van der Waals surface area contributed by atoms with Crippen molar-refractivity contribution >= 4 is 5.97 Å². The zero-order chi connectivity index (χ0) is 14.5. The molecule has 0 saturated heterocycles. The van der Waals surface area contributed by atoms with Gasteiger partial charge < -0.3 is 14.6 Å². The standard InChI is InChI=1S/C12H13F3O4/c1-2-18-11(17)10(16)7-8-3-5-9(6-4-8)19-12(13,14)15/h3-6,10,16H,2,7H2,1H3. The fourth-order valence-corrected chi connectivity index (χ4v) is 1.37. The first-order chi connectivity index (χ1) is 8.81. The second kappa shape index (κ2) is 6.42. The Kier molecular flexibility index (Phi) is 5.17. The van der Waals surface area contributed by atoms with Crippen LogP contribution in [-0.4, -0.2) is 30.1 Å². The fourth-order valence-electron chi connectivity index (χ4n) is 1.37. The first kappa shape index (κ1) is 15.3. The van der Waals surface area contributed by atoms with Crippen LogP contribution in [-0.2, 0) is 16.0 Å². The maximum Gasteiger partial charge on any atom is 0.573 e. The zero-order valence-corrected chi connectivity index (χ0v) is 10.1. The van der Waals surface area contributed by atoms with Crippen molar-refractivity contribution in [1.82, 2.24) is 0 Å². The third-order valence-corrected chi connectivity index (χ3v) is 2.14. The molecule has 1 unspecified atom stereocenters. The Morgan fingerprint density at radius 1 is 1.32 bits per heavy atom. The van der Waals surface area contributed by atoms with E-state index >= 15 is 0 Å². The highest BCUT2D eigenvalue weighted by Crippen LogP contribution is 2.23. The molecule has 0 aliphatic heterocycles. The van der Waals surface area contributed by atoms with E-state index in [-0.39, 0.29) is 18.8 Å². The van der Waals surface area contributed by atoms with Crippen LogP contribution in [0.15, 0.2) is 24.3 Å². The number of halogens is 3. The van der Waals surface area contributed by atoms with Crippen molar-refractivity contribution in [1.29, 1.82) is 0 Å². The van der Waals surface area contributed by atoms with Crippen LogP contribution in [0.3, 0.4) is 0 Å². The van der Waals surface area contributed by atoms with E-state index in [1.54, 1.807) is 6.92 Å². The smallest absolute Gasteiger partial charge is 0.464 e. The van der Waals surface area contributed by atoms with Crippen molar-refractivity contribution in [3.63, 3.8) is 0 Å². The molecule has 0 saturated carbocycles. The average molecular weight is 278 g/mol. The summed E-state index contributed by atoms with van der Waals surface area (Å²) in [6.07, 6.45) is -6.12. The molecule has 4 nitrogen and oxygen atoms in total. The van der Waals surface area contributed by atoms with Crippen molar-refractivity contribution in [3.8, 4) is 5.75 Å². The van der Waals surface area contributed by atoms with Crippen LogP contribution < -0.4 is 4.74 Å². The van der Waals surface area contributed by atoms with E-state index in [9.17, 15) is 23.1 Å². The predicted octanol–water partition coefficient (Wildman–Crippen LogP) is 2.05. The van der Waals surface area contributed by atoms with Crippen LogP contribution in [0.2, 0.25) is 0 Å². The van der Waals surface area contributed by atoms with Crippen LogP contribution in [0.5, 0.6) is 5.75 Å². The molecule has 0 radical (unpaired) electrons. The Bertz CT molecular complexity index is 414. The van der Waals surface area contributed by atoms with Crippen LogP contribution in [0.25, 0.3) is 0 Å². The maximum absolute atomic E-state index is 11.9. The summed E-state index contributed by atoms with van der Waals surface area (Å²) < 4.78 is 44.1. The van der Waals surface area contributed by atoms with E-state index in [4.69, 9.17) is 0 Å². The van der Waals surface area contributed by atoms with E-state index in [1.165, 1.54) is 12.1 Å². The van der Waals surface area contributed by atoms with Gasteiger partial charge >= 0.3 is 12.3 Å². The molecule has 0 bridgehead atoms. The first-order valence-corrected chi connectivity index (χ1v) is 5.51. The van der Waals surface area contributed by atoms with E-state index in [1.807, 2.05) is 0 Å². The molecule has 1 rings (SSSR count). The average Bonchev–Trinajstić information content (AvgIpc) is 2.30. The molecule has 0 heterocycles. The van der Waals surface area contributed by atoms with Crippen molar-refractivity contribution in [2.24, 2.45) is 0 Å². The van der Waals surface area contributed by atoms with Crippen LogP contribution in [0.1, 0.15) is 12.5 Å². The lowest BCUT2D eigenvalue weighted by Gasteiger charge is -2.11. The quantitative estimate of drug-likeness (QED) is 0.837. The van der Waals surface area contributed by atoms with Crippen molar-refractivity contribution in [2.75, 3.05) is 6.61 Å². The lowest BCUT2D eigenvalue weighted by atomic mass is 10.1. The molecule has 0 aromatic heterocycles. The molecule has 106 valence electrons. The molecule has 1 aromatic rings. The molecular formula is C12H13F3O4. The summed E-state index contributed by atoms with van der Waals surface area (Å²) in [6.45, 7) is 1.75. The van der Waals surface area contributed by atoms with Gasteiger partial charge in [-0.1, -0.05) is 12.1 Å². The minimum atomic E-state index is -4.74. The van der Waals surface area contributed by atoms with Gasteiger partial charge in [-0.3, -0.25) is 0 Å². The Balaban J connectivity index is 2.59. The van der Waals surface area contributed by atoms with Crippen LogP contribution in [0, 0.1) is 0 Å². The number of ether oxygens (including phenoxy) is 2. The van der Waals surface area contributed by atoms with Gasteiger partial charge in [0.1, 0.15) is 5.75 Å². The molecule has 1 aromatic carbocycles. The van der Waals surface area contributed by atoms with E-state index < -0.39 is 18.4 Å². The van der Waals surface area contributed by atoms with Crippen molar-refractivity contribution < 1.29 is 32.5 Å². The minimum Gasteiger partial charge on any atom is -0.464 e. The van der Waals surface area contributed by atoms with E-state index in [2.05, 4.69) is 9.47 Å². The number of hydrogen-bond donors (Lipinski definition) is 1. The van der Waals surface area contributed by atoms with E-state index in [0.717, 1.165) is 12.1 Å². The summed E-state index contributed by atoms with van der Waals surface area (Å²) in [4.78, 5) is 11.2. The van der Waals surface area contributed by atoms with E-state index in [0.29, 0.717) is 5.56 Å². The third-order valence-electron chi connectivity index (χ3n) is 2.14. The summed E-state index contributed by atoms with van der Waals surface area (Å²) in [5.74, 6) is -1.13. The molecule has 0 spiro atoms.